The number of nitrogens with zero attached hydrogens (tertiary/aromatic N) is 2. The van der Waals surface area contributed by atoms with Crippen LogP contribution in [0.5, 0.6) is 0 Å². The van der Waals surface area contributed by atoms with Gasteiger partial charge in [-0.15, -0.1) is 0 Å². The fraction of sp³-hybridized carbons (Fsp3) is 0.625. The van der Waals surface area contributed by atoms with Gasteiger partial charge in [0.15, 0.2) is 5.54 Å². The lowest BCUT2D eigenvalue weighted by Gasteiger charge is -2.19. The molecule has 0 saturated heterocycles. The normalized spacial score (nSPS) is 36.9. The van der Waals surface area contributed by atoms with Crippen LogP contribution in [0.2, 0.25) is 0 Å². The van der Waals surface area contributed by atoms with E-state index in [9.17, 15) is 5.11 Å². The number of methoxy groups -OCH3 is 1. The second-order valence-electron chi connectivity index (χ2n) is 5.94. The van der Waals surface area contributed by atoms with Crippen LogP contribution in [0.3, 0.4) is 0 Å². The lowest BCUT2D eigenvalue weighted by molar-refractivity contribution is -0.491. The highest BCUT2D eigenvalue weighted by Gasteiger charge is 2.90. The predicted molar refractivity (Wildman–Crippen MR) is 83.4 cm³/mol. The van der Waals surface area contributed by atoms with Gasteiger partial charge in [-0.25, -0.2) is 4.58 Å². The summed E-state index contributed by atoms with van der Waals surface area (Å²) in [5.74, 6) is -0.376. The number of rotatable bonds is 5. The molecular formula is C16H27N2O2+. The Hall–Kier alpha value is -1.26. The van der Waals surface area contributed by atoms with E-state index in [1.807, 2.05) is 27.7 Å². The largest absolute Gasteiger partial charge is 0.361 e. The average molecular weight is 279 g/mol. The second-order valence-corrected chi connectivity index (χ2v) is 5.94. The highest BCUT2D eigenvalue weighted by Crippen LogP contribution is 2.70. The Morgan fingerprint density at radius 3 is 2.20 bits per heavy atom. The molecule has 0 aromatic carbocycles. The first-order chi connectivity index (χ1) is 9.09. The molecule has 1 saturated carbocycles. The maximum Gasteiger partial charge on any atom is 0.294 e. The topological polar surface area (TPSA) is 44.8 Å². The number of allylic oxidation sites excluding steroid dienone is 1. The van der Waals surface area contributed by atoms with Crippen molar-refractivity contribution in [2.75, 3.05) is 14.2 Å². The van der Waals surface area contributed by atoms with Crippen LogP contribution in [-0.4, -0.2) is 47.7 Å². The molecule has 0 aromatic heterocycles. The summed E-state index contributed by atoms with van der Waals surface area (Å²) in [4.78, 5) is 4.30. The van der Waals surface area contributed by atoms with Crippen molar-refractivity contribution in [1.29, 1.82) is 0 Å². The van der Waals surface area contributed by atoms with E-state index in [-0.39, 0.29) is 5.92 Å². The number of aliphatic hydroxyl groups is 1. The predicted octanol–water partition coefficient (Wildman–Crippen LogP) is 2.24. The number of ether oxygens (including phenoxy) is 1. The lowest BCUT2D eigenvalue weighted by Crippen LogP contribution is -2.41. The van der Waals surface area contributed by atoms with E-state index in [2.05, 4.69) is 24.9 Å². The number of aliphatic imine (C=N–C) groups is 1. The highest BCUT2D eigenvalue weighted by molar-refractivity contribution is 5.78. The van der Waals surface area contributed by atoms with E-state index in [0.717, 1.165) is 11.4 Å². The molecule has 0 aromatic rings. The summed E-state index contributed by atoms with van der Waals surface area (Å²) in [5, 5.41) is 10.9. The van der Waals surface area contributed by atoms with Crippen molar-refractivity contribution in [3.8, 4) is 0 Å². The molecule has 1 aliphatic rings. The van der Waals surface area contributed by atoms with Gasteiger partial charge in [0.1, 0.15) is 7.05 Å². The summed E-state index contributed by atoms with van der Waals surface area (Å²) < 4.78 is 7.17. The van der Waals surface area contributed by atoms with Crippen molar-refractivity contribution >= 4 is 12.6 Å². The molecule has 0 bridgehead atoms. The maximum atomic E-state index is 10.9. The molecule has 1 N–H and O–H groups in total. The van der Waals surface area contributed by atoms with Gasteiger partial charge in [-0.3, -0.25) is 0 Å². The summed E-state index contributed by atoms with van der Waals surface area (Å²) in [5.41, 5.74) is -0.723. The van der Waals surface area contributed by atoms with E-state index >= 15 is 0 Å². The van der Waals surface area contributed by atoms with Crippen molar-refractivity contribution in [1.82, 2.24) is 0 Å². The lowest BCUT2D eigenvalue weighted by atomic mass is 9.93. The Labute approximate surface area is 122 Å². The van der Waals surface area contributed by atoms with Gasteiger partial charge in [-0.1, -0.05) is 38.1 Å². The molecule has 0 amide bonds. The van der Waals surface area contributed by atoms with Crippen molar-refractivity contribution in [3.63, 3.8) is 0 Å². The summed E-state index contributed by atoms with van der Waals surface area (Å²) in [6, 6.07) is 0. The van der Waals surface area contributed by atoms with Gasteiger partial charge in [0.05, 0.1) is 18.1 Å². The van der Waals surface area contributed by atoms with Crippen LogP contribution in [0.15, 0.2) is 29.8 Å². The van der Waals surface area contributed by atoms with Gasteiger partial charge in [-0.2, -0.15) is 0 Å². The third-order valence-electron chi connectivity index (χ3n) is 4.99. The number of hydrogen-bond acceptors (Lipinski definition) is 3. The molecule has 1 aliphatic carbocycles. The molecule has 0 aliphatic heterocycles. The molecule has 3 unspecified atom stereocenters. The Bertz CT molecular complexity index is 495. The molecule has 0 radical (unpaired) electrons. The minimum atomic E-state index is -1.38. The van der Waals surface area contributed by atoms with Crippen molar-refractivity contribution < 1.29 is 14.4 Å². The average Bonchev–Trinajstić information content (AvgIpc) is 2.82. The molecule has 1 fully saturated rings. The summed E-state index contributed by atoms with van der Waals surface area (Å²) in [6.07, 6.45) is 1.65. The van der Waals surface area contributed by atoms with Gasteiger partial charge in [0.2, 0.25) is 5.79 Å². The van der Waals surface area contributed by atoms with E-state index in [0.29, 0.717) is 0 Å². The van der Waals surface area contributed by atoms with E-state index in [1.165, 1.54) is 7.11 Å². The van der Waals surface area contributed by atoms with E-state index in [1.54, 1.807) is 17.7 Å². The summed E-state index contributed by atoms with van der Waals surface area (Å²) in [7, 11) is 3.22. The molecule has 4 nitrogen and oxygen atoms in total. The Morgan fingerprint density at radius 2 is 1.90 bits per heavy atom. The number of hydrogen-bond donors (Lipinski definition) is 1. The van der Waals surface area contributed by atoms with E-state index < -0.39 is 16.7 Å². The maximum absolute atomic E-state index is 10.9. The van der Waals surface area contributed by atoms with Crippen LogP contribution < -0.4 is 0 Å². The molecule has 112 valence electrons. The van der Waals surface area contributed by atoms with Crippen molar-refractivity contribution in [2.45, 2.75) is 39.0 Å². The van der Waals surface area contributed by atoms with Crippen LogP contribution in [0, 0.1) is 11.3 Å². The fourth-order valence-electron chi connectivity index (χ4n) is 3.33. The van der Waals surface area contributed by atoms with Crippen LogP contribution in [-0.2, 0) is 4.74 Å². The van der Waals surface area contributed by atoms with Gasteiger partial charge in [0.25, 0.3) is 5.84 Å². The van der Waals surface area contributed by atoms with Crippen LogP contribution in [0.1, 0.15) is 27.7 Å². The van der Waals surface area contributed by atoms with Crippen molar-refractivity contribution in [2.24, 2.45) is 16.3 Å². The third-order valence-corrected chi connectivity index (χ3v) is 4.99. The fourth-order valence-corrected chi connectivity index (χ4v) is 3.33. The van der Waals surface area contributed by atoms with Crippen LogP contribution >= 0.6 is 0 Å². The minimum Gasteiger partial charge on any atom is -0.361 e. The SMILES string of the molecule is C=CC(=C)C1(C)C(O)(OC)C1(C)[N+](=C)/C(=N\C)C(C)C. The summed E-state index contributed by atoms with van der Waals surface area (Å²) >= 11 is 0. The molecular weight excluding hydrogens is 252 g/mol. The van der Waals surface area contributed by atoms with E-state index in [4.69, 9.17) is 4.74 Å². The van der Waals surface area contributed by atoms with Gasteiger partial charge >= 0.3 is 0 Å². The number of amidine groups is 1. The summed E-state index contributed by atoms with van der Waals surface area (Å²) in [6.45, 7) is 19.8. The zero-order valence-electron chi connectivity index (χ0n) is 13.5. The molecule has 0 spiro atoms. The first-order valence-corrected chi connectivity index (χ1v) is 6.76. The Morgan fingerprint density at radius 1 is 1.40 bits per heavy atom. The van der Waals surface area contributed by atoms with Gasteiger partial charge in [-0.05, 0) is 19.4 Å². The highest BCUT2D eigenvalue weighted by atomic mass is 16.6. The molecule has 4 heteroatoms. The molecule has 1 rings (SSSR count). The first kappa shape index (κ1) is 16.8. The first-order valence-electron chi connectivity index (χ1n) is 6.76. The standard InChI is InChI=1S/C16H27N2O2/c1-10-12(4)14(5)15(6,16(14,19)20-9)18(8)13(17-7)11(2)3/h10-11,19H,1,4,8H2,2-3,5-7,9H3/q+1/b17-13-. The second kappa shape index (κ2) is 4.93. The zero-order valence-corrected chi connectivity index (χ0v) is 13.5. The van der Waals surface area contributed by atoms with Gasteiger partial charge < -0.3 is 9.84 Å². The van der Waals surface area contributed by atoms with Crippen LogP contribution in [0.25, 0.3) is 0 Å². The smallest absolute Gasteiger partial charge is 0.294 e. The molecule has 0 heterocycles. The zero-order chi connectivity index (χ0) is 15.9. The third kappa shape index (κ3) is 1.61. The Kier molecular flexibility index (Phi) is 4.14. The van der Waals surface area contributed by atoms with Crippen LogP contribution in [0.4, 0.5) is 0 Å². The van der Waals surface area contributed by atoms with Crippen molar-refractivity contribution in [3.05, 3.63) is 24.8 Å². The Balaban J connectivity index is 3.39. The van der Waals surface area contributed by atoms with Gasteiger partial charge in [0, 0.05) is 7.11 Å². The minimum absolute atomic E-state index is 0.192. The quantitative estimate of drug-likeness (QED) is 0.276. The molecule has 20 heavy (non-hydrogen) atoms. The monoisotopic (exact) mass is 279 g/mol. The molecule has 3 atom stereocenters.